The van der Waals surface area contributed by atoms with Crippen LogP contribution in [0.3, 0.4) is 0 Å². The van der Waals surface area contributed by atoms with Gasteiger partial charge >= 0.3 is 0 Å². The van der Waals surface area contributed by atoms with Crippen LogP contribution in [0.2, 0.25) is 0 Å². The number of anilines is 7. The normalized spacial score (nSPS) is 14.1. The monoisotopic (exact) mass is 1140 g/mol. The van der Waals surface area contributed by atoms with Crippen molar-refractivity contribution in [2.45, 2.75) is 77.6 Å². The first-order valence-electron chi connectivity index (χ1n) is 25.6. The number of thiazole rings is 4. The number of nitrogens with one attached hydrogen (secondary N) is 7. The third-order valence-corrected chi connectivity index (χ3v) is 17.4. The Morgan fingerprint density at radius 2 is 0.887 bits per heavy atom. The average molecular weight is 1140 g/mol. The molecule has 80 heavy (non-hydrogen) atoms. The first-order valence-corrected chi connectivity index (χ1v) is 28.9. The summed E-state index contributed by atoms with van der Waals surface area (Å²) in [6, 6.07) is 7.35. The number of aromatic amines is 4. The highest BCUT2D eigenvalue weighted by Crippen LogP contribution is 2.45. The van der Waals surface area contributed by atoms with Crippen molar-refractivity contribution >= 4 is 83.7 Å². The van der Waals surface area contributed by atoms with Gasteiger partial charge in [-0.25, -0.2) is 59.8 Å². The lowest BCUT2D eigenvalue weighted by molar-refractivity contribution is 0.722. The number of nitrogen functional groups attached to an aromatic ring is 1. The molecule has 1 atom stereocenters. The summed E-state index contributed by atoms with van der Waals surface area (Å²) in [6.07, 6.45) is 27.0. The second-order valence-electron chi connectivity index (χ2n) is 18.7. The van der Waals surface area contributed by atoms with Crippen LogP contribution in [0.1, 0.15) is 78.3 Å². The van der Waals surface area contributed by atoms with E-state index in [1.165, 1.54) is 43.1 Å². The third-order valence-electron chi connectivity index (χ3n) is 13.4. The van der Waals surface area contributed by atoms with Gasteiger partial charge in [-0.3, -0.25) is 20.4 Å². The largest absolute Gasteiger partial charge is 0.375 e. The van der Waals surface area contributed by atoms with Crippen molar-refractivity contribution in [3.05, 3.63) is 146 Å². The molecule has 0 saturated heterocycles. The standard InChI is InChI=1S/C14H14N6S.2C13H12N6S.C12H10N6S/c1-8-5-6-15-13(17-8)19-14-18-12-9-7-16-20-10(9)3-2-4-11(12)21-14;1-7-4-5-14-12(16-7)18-13-17-11-8-6-15-19-9(8)2-3-10(11)20-13;1-3-9-8(7-16-19-9)11-10(4-1)20-13(17-11)18-12-14-5-2-6-15-12;13-12-17-9-7-5-16-18-8(7)4-6(10(9)19-12)11-14-2-1-3-15-11/h5-7H,2-4H2,1H3,(H,16,20)(H,15,17,18,19);4-6H,2-3H2,1H3,(H,15,19)(H,14,16,17,18);2,5-7H,1,3-4H2,(H,16,19)(H,14,15,17,18);1-3,5-6H,4H2,(H2,13,17)(H,16,18). The quantitative estimate of drug-likeness (QED) is 0.0736. The summed E-state index contributed by atoms with van der Waals surface area (Å²) < 4.78 is 0. The molecule has 0 radical (unpaired) electrons. The summed E-state index contributed by atoms with van der Waals surface area (Å²) in [5.74, 6) is 2.64. The van der Waals surface area contributed by atoms with E-state index in [1.807, 2.05) is 50.6 Å². The molecule has 0 bridgehead atoms. The van der Waals surface area contributed by atoms with Gasteiger partial charge in [0.05, 0.1) is 53.5 Å². The molecule has 4 aliphatic rings. The first kappa shape index (κ1) is 50.4. The van der Waals surface area contributed by atoms with Crippen LogP contribution < -0.4 is 21.7 Å². The molecule has 0 aromatic carbocycles. The van der Waals surface area contributed by atoms with Crippen LogP contribution in [0.25, 0.3) is 45.0 Å². The van der Waals surface area contributed by atoms with Gasteiger partial charge in [0.15, 0.2) is 20.5 Å². The minimum atomic E-state index is 0.0962. The maximum absolute atomic E-state index is 5.86. The van der Waals surface area contributed by atoms with Gasteiger partial charge < -0.3 is 21.7 Å². The number of nitrogens with zero attached hydrogens (tertiary/aromatic N) is 16. The highest BCUT2D eigenvalue weighted by atomic mass is 32.1. The van der Waals surface area contributed by atoms with E-state index in [0.29, 0.717) is 23.0 Å². The SMILES string of the molecule is Cc1ccnc(Nc2nc3c(s2)CCCc2[nH]ncc2-3)n1.Cc1ccnc(Nc2nc3c(s2)CCc2[nH]ncc2-3)n1.Nc1nc2c(s1)C(c1ncccn1)Cc1[nH]ncc1-2.c1cnc(Nc2nc3c(s2)CCCc2[nH]ncc2-3)nc1. The summed E-state index contributed by atoms with van der Waals surface area (Å²) in [7, 11) is 0. The van der Waals surface area contributed by atoms with Gasteiger partial charge in [-0.15, -0.1) is 45.3 Å². The van der Waals surface area contributed by atoms with E-state index in [-0.39, 0.29) is 5.92 Å². The summed E-state index contributed by atoms with van der Waals surface area (Å²) in [6.45, 7) is 3.89. The molecule has 0 saturated carbocycles. The van der Waals surface area contributed by atoms with Crippen molar-refractivity contribution in [2.75, 3.05) is 21.7 Å². The van der Waals surface area contributed by atoms with Crippen molar-refractivity contribution < 1.29 is 0 Å². The van der Waals surface area contributed by atoms with Crippen molar-refractivity contribution in [2.24, 2.45) is 0 Å². The molecule has 0 spiro atoms. The van der Waals surface area contributed by atoms with Crippen LogP contribution in [-0.2, 0) is 44.9 Å². The zero-order valence-corrected chi connectivity index (χ0v) is 46.2. The van der Waals surface area contributed by atoms with Crippen LogP contribution >= 0.6 is 45.3 Å². The van der Waals surface area contributed by atoms with E-state index in [2.05, 4.69) is 112 Å². The highest BCUT2D eigenvalue weighted by Gasteiger charge is 2.32. The van der Waals surface area contributed by atoms with Crippen LogP contribution in [0.5, 0.6) is 0 Å². The van der Waals surface area contributed by atoms with Gasteiger partial charge in [0.25, 0.3) is 0 Å². The lowest BCUT2D eigenvalue weighted by Gasteiger charge is -2.19. The van der Waals surface area contributed by atoms with Gasteiger partial charge in [-0.05, 0) is 89.5 Å². The number of fused-ring (bicyclic) bond motifs is 12. The predicted molar refractivity (Wildman–Crippen MR) is 308 cm³/mol. The molecular weight excluding hydrogens is 1090 g/mol. The Morgan fingerprint density at radius 3 is 1.40 bits per heavy atom. The number of hydrogen-bond donors (Lipinski definition) is 8. The smallest absolute Gasteiger partial charge is 0.229 e. The van der Waals surface area contributed by atoms with Crippen LogP contribution in [0.15, 0.2) is 86.2 Å². The number of hydrogen-bond acceptors (Lipinski definition) is 24. The summed E-state index contributed by atoms with van der Waals surface area (Å²) in [5, 5.41) is 41.3. The van der Waals surface area contributed by atoms with Gasteiger partial charge in [0.1, 0.15) is 5.82 Å². The Kier molecular flexibility index (Phi) is 14.1. The molecule has 0 fully saturated rings. The number of aryl methyl sites for hydroxylation is 8. The molecule has 0 aliphatic heterocycles. The Morgan fingerprint density at radius 1 is 0.450 bits per heavy atom. The third kappa shape index (κ3) is 10.7. The molecule has 28 heteroatoms. The summed E-state index contributed by atoms with van der Waals surface area (Å²) >= 11 is 6.50. The first-order chi connectivity index (χ1) is 39.3. The molecule has 1 unspecified atom stereocenters. The van der Waals surface area contributed by atoms with Crippen LogP contribution in [0.4, 0.5) is 38.4 Å². The van der Waals surface area contributed by atoms with E-state index in [9.17, 15) is 0 Å². The van der Waals surface area contributed by atoms with Crippen molar-refractivity contribution in [1.29, 1.82) is 0 Å². The predicted octanol–water partition coefficient (Wildman–Crippen LogP) is 9.49. The number of H-pyrrole nitrogens is 4. The van der Waals surface area contributed by atoms with E-state index < -0.39 is 0 Å². The number of aromatic nitrogens is 20. The van der Waals surface area contributed by atoms with Gasteiger partial charge in [-0.1, -0.05) is 0 Å². The molecular formula is C52H48N24S4. The fourth-order valence-electron chi connectivity index (χ4n) is 9.68. The second-order valence-corrected chi connectivity index (χ2v) is 23.1. The molecule has 12 heterocycles. The fourth-order valence-corrected chi connectivity index (χ4v) is 13.6. The Balaban J connectivity index is 0.000000101. The zero-order chi connectivity index (χ0) is 53.9. The Hall–Kier alpha value is -9.12. The van der Waals surface area contributed by atoms with Crippen molar-refractivity contribution in [3.63, 3.8) is 0 Å². The van der Waals surface area contributed by atoms with Gasteiger partial charge in [0, 0.05) is 120 Å². The maximum Gasteiger partial charge on any atom is 0.229 e. The molecule has 0 amide bonds. The highest BCUT2D eigenvalue weighted by molar-refractivity contribution is 7.17. The average Bonchev–Trinajstić information content (AvgIpc) is 4.34. The van der Waals surface area contributed by atoms with E-state index >= 15 is 0 Å². The van der Waals surface area contributed by atoms with E-state index in [4.69, 9.17) is 10.7 Å². The molecule has 9 N–H and O–H groups in total. The molecule has 4 aliphatic carbocycles. The van der Waals surface area contributed by atoms with Crippen LogP contribution in [-0.4, -0.2) is 101 Å². The summed E-state index contributed by atoms with van der Waals surface area (Å²) in [4.78, 5) is 57.6. The van der Waals surface area contributed by atoms with Gasteiger partial charge in [-0.2, -0.15) is 20.4 Å². The summed E-state index contributed by atoms with van der Waals surface area (Å²) in [5.41, 5.74) is 20.7. The minimum absolute atomic E-state index is 0.0962. The molecule has 400 valence electrons. The lowest BCUT2D eigenvalue weighted by Crippen LogP contribution is -2.13. The number of nitrogens with two attached hydrogens (primary N) is 1. The lowest BCUT2D eigenvalue weighted by atomic mass is 9.90. The number of rotatable bonds is 7. The van der Waals surface area contributed by atoms with E-state index in [0.717, 1.165) is 146 Å². The molecule has 24 nitrogen and oxygen atoms in total. The fraction of sp³-hybridized carbons (Fsp3) is 0.231. The molecule has 12 aromatic heterocycles. The molecule has 16 rings (SSSR count). The zero-order valence-electron chi connectivity index (χ0n) is 42.9. The molecule has 12 aromatic rings. The second kappa shape index (κ2) is 22.3. The Labute approximate surface area is 471 Å². The van der Waals surface area contributed by atoms with E-state index in [1.54, 1.807) is 83.5 Å². The van der Waals surface area contributed by atoms with Gasteiger partial charge in [0.2, 0.25) is 17.8 Å². The maximum atomic E-state index is 5.86. The topological polar surface area (TPSA) is 332 Å². The Bertz CT molecular complexity index is 4070. The van der Waals surface area contributed by atoms with Crippen molar-refractivity contribution in [1.82, 2.24) is 101 Å². The van der Waals surface area contributed by atoms with Crippen LogP contribution in [0, 0.1) is 13.8 Å². The van der Waals surface area contributed by atoms with Crippen molar-refractivity contribution in [3.8, 4) is 45.0 Å². The minimum Gasteiger partial charge on any atom is -0.375 e.